The molecule has 0 aliphatic carbocycles. The van der Waals surface area contributed by atoms with Crippen molar-refractivity contribution in [3.05, 3.63) is 81.8 Å². The number of carbonyl (C=O) groups excluding carboxylic acids is 1. The molecule has 0 unspecified atom stereocenters. The standard InChI is InChI=1S/C20H17BrN2O/c1-14-6-2-3-7-16(14)13-22-23-20(24)12-15-10-11-19(21)18-9-5-4-8-17(15)18/h2-11,13H,12H2,1H3,(H,23,24)/b22-13-. The predicted octanol–water partition coefficient (Wildman–Crippen LogP) is 4.60. The van der Waals surface area contributed by atoms with Crippen LogP contribution in [0.2, 0.25) is 0 Å². The zero-order valence-corrected chi connectivity index (χ0v) is 14.9. The van der Waals surface area contributed by atoms with E-state index in [4.69, 9.17) is 0 Å². The van der Waals surface area contributed by atoms with E-state index in [1.807, 2.05) is 67.6 Å². The smallest absolute Gasteiger partial charge is 0.244 e. The molecule has 3 aromatic carbocycles. The highest BCUT2D eigenvalue weighted by atomic mass is 79.9. The van der Waals surface area contributed by atoms with Crippen LogP contribution in [-0.4, -0.2) is 12.1 Å². The van der Waals surface area contributed by atoms with Gasteiger partial charge in [-0.1, -0.05) is 70.5 Å². The van der Waals surface area contributed by atoms with Crippen molar-refractivity contribution < 1.29 is 4.79 Å². The molecule has 0 atom stereocenters. The summed E-state index contributed by atoms with van der Waals surface area (Å²) in [6.07, 6.45) is 1.96. The monoisotopic (exact) mass is 380 g/mol. The molecule has 0 aromatic heterocycles. The number of benzene rings is 3. The van der Waals surface area contributed by atoms with Gasteiger partial charge in [0.2, 0.25) is 5.91 Å². The van der Waals surface area contributed by atoms with Crippen molar-refractivity contribution in [1.29, 1.82) is 0 Å². The molecule has 4 heteroatoms. The molecule has 0 fully saturated rings. The Morgan fingerprint density at radius 3 is 2.54 bits per heavy atom. The quantitative estimate of drug-likeness (QED) is 0.521. The lowest BCUT2D eigenvalue weighted by molar-refractivity contribution is -0.120. The summed E-state index contributed by atoms with van der Waals surface area (Å²) in [4.78, 5) is 12.2. The molecule has 0 aliphatic heterocycles. The first kappa shape index (κ1) is 16.4. The number of fused-ring (bicyclic) bond motifs is 1. The second kappa shape index (κ2) is 7.41. The fourth-order valence-electron chi connectivity index (χ4n) is 2.60. The van der Waals surface area contributed by atoms with Crippen LogP contribution in [0.1, 0.15) is 16.7 Å². The van der Waals surface area contributed by atoms with Crippen LogP contribution < -0.4 is 5.43 Å². The van der Waals surface area contributed by atoms with E-state index in [0.29, 0.717) is 6.42 Å². The molecule has 0 bridgehead atoms. The van der Waals surface area contributed by atoms with Crippen LogP contribution >= 0.6 is 15.9 Å². The predicted molar refractivity (Wildman–Crippen MR) is 102 cm³/mol. The molecule has 0 saturated heterocycles. The average molecular weight is 381 g/mol. The van der Waals surface area contributed by atoms with E-state index in [1.165, 1.54) is 0 Å². The molecule has 0 aliphatic rings. The molecule has 0 spiro atoms. The molecule has 24 heavy (non-hydrogen) atoms. The zero-order valence-electron chi connectivity index (χ0n) is 13.3. The largest absolute Gasteiger partial charge is 0.273 e. The highest BCUT2D eigenvalue weighted by Crippen LogP contribution is 2.27. The molecule has 3 rings (SSSR count). The highest BCUT2D eigenvalue weighted by Gasteiger charge is 2.08. The third kappa shape index (κ3) is 3.71. The van der Waals surface area contributed by atoms with Gasteiger partial charge in [0.05, 0.1) is 12.6 Å². The Balaban J connectivity index is 1.72. The number of rotatable bonds is 4. The summed E-state index contributed by atoms with van der Waals surface area (Å²) in [6.45, 7) is 2.01. The maximum atomic E-state index is 12.2. The molecule has 0 radical (unpaired) electrons. The van der Waals surface area contributed by atoms with E-state index >= 15 is 0 Å². The lowest BCUT2D eigenvalue weighted by Gasteiger charge is -2.07. The van der Waals surface area contributed by atoms with Crippen molar-refractivity contribution in [3.63, 3.8) is 0 Å². The first-order valence-corrected chi connectivity index (χ1v) is 8.48. The van der Waals surface area contributed by atoms with E-state index in [1.54, 1.807) is 6.21 Å². The number of aryl methyl sites for hydroxylation is 1. The number of nitrogens with one attached hydrogen (secondary N) is 1. The molecule has 120 valence electrons. The lowest BCUT2D eigenvalue weighted by atomic mass is 10.0. The minimum absolute atomic E-state index is 0.132. The van der Waals surface area contributed by atoms with Crippen LogP contribution in [0.3, 0.4) is 0 Å². The Hall–Kier alpha value is -2.46. The van der Waals surface area contributed by atoms with Crippen LogP contribution in [0.25, 0.3) is 10.8 Å². The maximum absolute atomic E-state index is 12.2. The van der Waals surface area contributed by atoms with Crippen LogP contribution in [-0.2, 0) is 11.2 Å². The van der Waals surface area contributed by atoms with Gasteiger partial charge in [-0.25, -0.2) is 5.43 Å². The summed E-state index contributed by atoms with van der Waals surface area (Å²) in [6, 6.07) is 19.9. The van der Waals surface area contributed by atoms with Crippen molar-refractivity contribution in [2.45, 2.75) is 13.3 Å². The maximum Gasteiger partial charge on any atom is 0.244 e. The number of amides is 1. The van der Waals surface area contributed by atoms with Gasteiger partial charge in [-0.3, -0.25) is 4.79 Å². The van der Waals surface area contributed by atoms with Gasteiger partial charge in [-0.2, -0.15) is 5.10 Å². The summed E-state index contributed by atoms with van der Waals surface area (Å²) >= 11 is 3.55. The van der Waals surface area contributed by atoms with Crippen molar-refractivity contribution in [2.24, 2.45) is 5.10 Å². The molecule has 0 heterocycles. The van der Waals surface area contributed by atoms with Gasteiger partial charge in [0.15, 0.2) is 0 Å². The number of hydrazone groups is 1. The fraction of sp³-hybridized carbons (Fsp3) is 0.100. The van der Waals surface area contributed by atoms with Crippen LogP contribution in [0.5, 0.6) is 0 Å². The SMILES string of the molecule is Cc1ccccc1/C=N\NC(=O)Cc1ccc(Br)c2ccccc12. The van der Waals surface area contributed by atoms with Crippen LogP contribution in [0, 0.1) is 6.92 Å². The number of hydrogen-bond acceptors (Lipinski definition) is 2. The molecule has 0 saturated carbocycles. The van der Waals surface area contributed by atoms with Crippen LogP contribution in [0.15, 0.2) is 70.2 Å². The van der Waals surface area contributed by atoms with E-state index < -0.39 is 0 Å². The van der Waals surface area contributed by atoms with Gasteiger partial charge in [0.1, 0.15) is 0 Å². The normalized spacial score (nSPS) is 11.1. The Morgan fingerprint density at radius 1 is 1.04 bits per heavy atom. The third-order valence-corrected chi connectivity index (χ3v) is 4.59. The summed E-state index contributed by atoms with van der Waals surface area (Å²) in [5.74, 6) is -0.132. The summed E-state index contributed by atoms with van der Waals surface area (Å²) in [5, 5.41) is 6.24. The summed E-state index contributed by atoms with van der Waals surface area (Å²) in [5.41, 5.74) is 5.70. The average Bonchev–Trinajstić information content (AvgIpc) is 2.59. The third-order valence-electron chi connectivity index (χ3n) is 3.89. The molecule has 3 aromatic rings. The number of hydrogen-bond donors (Lipinski definition) is 1. The summed E-state index contributed by atoms with van der Waals surface area (Å²) < 4.78 is 1.03. The zero-order chi connectivity index (χ0) is 16.9. The minimum atomic E-state index is -0.132. The Labute approximate surface area is 149 Å². The van der Waals surface area contributed by atoms with Gasteiger partial charge in [0.25, 0.3) is 0 Å². The van der Waals surface area contributed by atoms with Crippen molar-refractivity contribution in [2.75, 3.05) is 0 Å². The van der Waals surface area contributed by atoms with Gasteiger partial charge in [0, 0.05) is 4.47 Å². The molecule has 1 amide bonds. The lowest BCUT2D eigenvalue weighted by Crippen LogP contribution is -2.20. The van der Waals surface area contributed by atoms with Gasteiger partial charge in [-0.15, -0.1) is 0 Å². The Bertz CT molecular complexity index is 918. The second-order valence-corrected chi connectivity index (χ2v) is 6.43. The van der Waals surface area contributed by atoms with E-state index in [2.05, 4.69) is 26.5 Å². The molecular formula is C20H17BrN2O. The van der Waals surface area contributed by atoms with E-state index in [0.717, 1.165) is 31.9 Å². The van der Waals surface area contributed by atoms with Gasteiger partial charge < -0.3 is 0 Å². The first-order chi connectivity index (χ1) is 11.6. The molecule has 1 N–H and O–H groups in total. The minimum Gasteiger partial charge on any atom is -0.273 e. The van der Waals surface area contributed by atoms with Gasteiger partial charge in [-0.05, 0) is 40.5 Å². The van der Waals surface area contributed by atoms with E-state index in [-0.39, 0.29) is 5.91 Å². The number of halogens is 1. The Kier molecular flexibility index (Phi) is 5.06. The van der Waals surface area contributed by atoms with Crippen LogP contribution in [0.4, 0.5) is 0 Å². The van der Waals surface area contributed by atoms with Gasteiger partial charge >= 0.3 is 0 Å². The topological polar surface area (TPSA) is 41.5 Å². The fourth-order valence-corrected chi connectivity index (χ4v) is 3.07. The second-order valence-electron chi connectivity index (χ2n) is 5.58. The summed E-state index contributed by atoms with van der Waals surface area (Å²) in [7, 11) is 0. The molecular weight excluding hydrogens is 364 g/mol. The Morgan fingerprint density at radius 2 is 1.75 bits per heavy atom. The van der Waals surface area contributed by atoms with Crippen molar-refractivity contribution >= 4 is 38.8 Å². The van der Waals surface area contributed by atoms with E-state index in [9.17, 15) is 4.79 Å². The number of carbonyl (C=O) groups is 1. The highest BCUT2D eigenvalue weighted by molar-refractivity contribution is 9.10. The number of nitrogens with zero attached hydrogens (tertiary/aromatic N) is 1. The first-order valence-electron chi connectivity index (χ1n) is 7.69. The van der Waals surface area contributed by atoms with Crippen molar-refractivity contribution in [3.8, 4) is 0 Å². The molecule has 3 nitrogen and oxygen atoms in total. The van der Waals surface area contributed by atoms with Crippen molar-refractivity contribution in [1.82, 2.24) is 5.43 Å².